The van der Waals surface area contributed by atoms with Crippen LogP contribution in [0.3, 0.4) is 0 Å². The maximum atomic E-state index is 11.4. The SMILES string of the molecule is C=C(C)CNC(=O)C(N)C(C)(C)C. The molecule has 1 amide bonds. The maximum Gasteiger partial charge on any atom is 0.237 e. The average Bonchev–Trinajstić information content (AvgIpc) is 1.96. The Hall–Kier alpha value is -0.830. The van der Waals surface area contributed by atoms with Gasteiger partial charge in [0.25, 0.3) is 0 Å². The Kier molecular flexibility index (Phi) is 4.14. The van der Waals surface area contributed by atoms with Crippen LogP contribution in [0, 0.1) is 5.41 Å². The van der Waals surface area contributed by atoms with E-state index in [-0.39, 0.29) is 11.3 Å². The molecule has 13 heavy (non-hydrogen) atoms. The molecular weight excluding hydrogens is 164 g/mol. The van der Waals surface area contributed by atoms with Gasteiger partial charge in [-0.2, -0.15) is 0 Å². The Balaban J connectivity index is 4.05. The van der Waals surface area contributed by atoms with Crippen LogP contribution in [-0.4, -0.2) is 18.5 Å². The van der Waals surface area contributed by atoms with Gasteiger partial charge in [0.05, 0.1) is 6.04 Å². The third-order valence-corrected chi connectivity index (χ3v) is 1.78. The number of rotatable bonds is 3. The Morgan fingerprint density at radius 1 is 1.54 bits per heavy atom. The summed E-state index contributed by atoms with van der Waals surface area (Å²) in [7, 11) is 0. The maximum absolute atomic E-state index is 11.4. The number of nitrogens with one attached hydrogen (secondary N) is 1. The molecular formula is C10H20N2O. The van der Waals surface area contributed by atoms with Crippen LogP contribution in [0.5, 0.6) is 0 Å². The fourth-order valence-electron chi connectivity index (χ4n) is 0.741. The molecule has 3 heteroatoms. The topological polar surface area (TPSA) is 55.1 Å². The van der Waals surface area contributed by atoms with E-state index >= 15 is 0 Å². The Labute approximate surface area is 80.4 Å². The van der Waals surface area contributed by atoms with Crippen LogP contribution in [0.2, 0.25) is 0 Å². The van der Waals surface area contributed by atoms with Gasteiger partial charge in [0.2, 0.25) is 5.91 Å². The standard InChI is InChI=1S/C10H20N2O/c1-7(2)6-12-9(13)8(11)10(3,4)5/h8H,1,6,11H2,2-5H3,(H,12,13). The van der Waals surface area contributed by atoms with Crippen molar-refractivity contribution in [3.63, 3.8) is 0 Å². The zero-order valence-corrected chi connectivity index (χ0v) is 8.98. The van der Waals surface area contributed by atoms with Gasteiger partial charge in [0.15, 0.2) is 0 Å². The molecule has 0 heterocycles. The molecule has 0 fully saturated rings. The Morgan fingerprint density at radius 3 is 2.31 bits per heavy atom. The molecule has 0 radical (unpaired) electrons. The highest BCUT2D eigenvalue weighted by Crippen LogP contribution is 2.16. The second-order valence-corrected chi connectivity index (χ2v) is 4.52. The summed E-state index contributed by atoms with van der Waals surface area (Å²) >= 11 is 0. The molecule has 0 aromatic carbocycles. The monoisotopic (exact) mass is 184 g/mol. The summed E-state index contributed by atoms with van der Waals surface area (Å²) in [6, 6.07) is -0.466. The smallest absolute Gasteiger partial charge is 0.237 e. The summed E-state index contributed by atoms with van der Waals surface area (Å²) in [6.45, 7) is 11.9. The fraction of sp³-hybridized carbons (Fsp3) is 0.700. The van der Waals surface area contributed by atoms with Crippen LogP contribution in [0.4, 0.5) is 0 Å². The van der Waals surface area contributed by atoms with Crippen molar-refractivity contribution >= 4 is 5.91 Å². The first-order valence-electron chi connectivity index (χ1n) is 4.43. The van der Waals surface area contributed by atoms with Crippen molar-refractivity contribution in [3.8, 4) is 0 Å². The summed E-state index contributed by atoms with van der Waals surface area (Å²) in [5, 5.41) is 2.72. The van der Waals surface area contributed by atoms with Crippen LogP contribution in [0.1, 0.15) is 27.7 Å². The predicted octanol–water partition coefficient (Wildman–Crippen LogP) is 1.05. The lowest BCUT2D eigenvalue weighted by Crippen LogP contribution is -2.48. The van der Waals surface area contributed by atoms with Gasteiger partial charge in [-0.25, -0.2) is 0 Å². The van der Waals surface area contributed by atoms with E-state index < -0.39 is 6.04 Å². The molecule has 0 saturated heterocycles. The van der Waals surface area contributed by atoms with E-state index in [4.69, 9.17) is 5.73 Å². The van der Waals surface area contributed by atoms with E-state index in [9.17, 15) is 4.79 Å². The third kappa shape index (κ3) is 4.68. The average molecular weight is 184 g/mol. The molecule has 0 aromatic rings. The number of hydrogen-bond acceptors (Lipinski definition) is 2. The van der Waals surface area contributed by atoms with E-state index in [2.05, 4.69) is 11.9 Å². The highest BCUT2D eigenvalue weighted by Gasteiger charge is 2.26. The molecule has 0 aliphatic rings. The minimum Gasteiger partial charge on any atom is -0.351 e. The summed E-state index contributed by atoms with van der Waals surface area (Å²) in [5.41, 5.74) is 6.47. The lowest BCUT2D eigenvalue weighted by Gasteiger charge is -2.25. The van der Waals surface area contributed by atoms with Crippen LogP contribution in [0.15, 0.2) is 12.2 Å². The number of hydrogen-bond donors (Lipinski definition) is 2. The van der Waals surface area contributed by atoms with E-state index in [0.717, 1.165) is 5.57 Å². The van der Waals surface area contributed by atoms with Crippen LogP contribution >= 0.6 is 0 Å². The van der Waals surface area contributed by atoms with E-state index in [0.29, 0.717) is 6.54 Å². The van der Waals surface area contributed by atoms with E-state index in [1.165, 1.54) is 0 Å². The first-order valence-corrected chi connectivity index (χ1v) is 4.43. The molecule has 0 aliphatic heterocycles. The molecule has 0 aliphatic carbocycles. The van der Waals surface area contributed by atoms with Crippen LogP contribution < -0.4 is 11.1 Å². The minimum absolute atomic E-state index is 0.115. The minimum atomic E-state index is -0.466. The molecule has 0 saturated carbocycles. The van der Waals surface area contributed by atoms with Gasteiger partial charge in [-0.15, -0.1) is 0 Å². The Bertz CT molecular complexity index is 203. The second-order valence-electron chi connectivity index (χ2n) is 4.52. The van der Waals surface area contributed by atoms with Gasteiger partial charge in [-0.3, -0.25) is 4.79 Å². The van der Waals surface area contributed by atoms with Crippen molar-refractivity contribution in [2.24, 2.45) is 11.1 Å². The van der Waals surface area contributed by atoms with Crippen LogP contribution in [-0.2, 0) is 4.79 Å². The van der Waals surface area contributed by atoms with Gasteiger partial charge < -0.3 is 11.1 Å². The summed E-state index contributed by atoms with van der Waals surface area (Å²) in [4.78, 5) is 11.4. The molecule has 1 unspecified atom stereocenters. The second kappa shape index (κ2) is 4.42. The van der Waals surface area contributed by atoms with Crippen LogP contribution in [0.25, 0.3) is 0 Å². The number of carbonyl (C=O) groups excluding carboxylic acids is 1. The van der Waals surface area contributed by atoms with Gasteiger partial charge in [0, 0.05) is 6.54 Å². The van der Waals surface area contributed by atoms with Crippen molar-refractivity contribution in [3.05, 3.63) is 12.2 Å². The molecule has 0 bridgehead atoms. The molecule has 0 rings (SSSR count). The zero-order valence-electron chi connectivity index (χ0n) is 8.98. The van der Waals surface area contributed by atoms with Gasteiger partial charge in [0.1, 0.15) is 0 Å². The van der Waals surface area contributed by atoms with Gasteiger partial charge >= 0.3 is 0 Å². The number of nitrogens with two attached hydrogens (primary N) is 1. The molecule has 3 nitrogen and oxygen atoms in total. The normalized spacial score (nSPS) is 13.6. The number of amides is 1. The lowest BCUT2D eigenvalue weighted by atomic mass is 9.87. The molecule has 0 aromatic heterocycles. The van der Waals surface area contributed by atoms with Gasteiger partial charge in [-0.05, 0) is 12.3 Å². The summed E-state index contributed by atoms with van der Waals surface area (Å²) in [5.74, 6) is -0.115. The van der Waals surface area contributed by atoms with Crippen molar-refractivity contribution in [2.75, 3.05) is 6.54 Å². The Morgan fingerprint density at radius 2 is 2.00 bits per heavy atom. The third-order valence-electron chi connectivity index (χ3n) is 1.78. The first kappa shape index (κ1) is 12.2. The molecule has 0 spiro atoms. The lowest BCUT2D eigenvalue weighted by molar-refractivity contribution is -0.124. The van der Waals surface area contributed by atoms with Crippen molar-refractivity contribution < 1.29 is 4.79 Å². The fourth-order valence-corrected chi connectivity index (χ4v) is 0.741. The highest BCUT2D eigenvalue weighted by molar-refractivity contribution is 5.82. The first-order chi connectivity index (χ1) is 5.75. The van der Waals surface area contributed by atoms with Crippen molar-refractivity contribution in [1.82, 2.24) is 5.32 Å². The van der Waals surface area contributed by atoms with E-state index in [1.807, 2.05) is 27.7 Å². The largest absolute Gasteiger partial charge is 0.351 e. The van der Waals surface area contributed by atoms with E-state index in [1.54, 1.807) is 0 Å². The number of carbonyl (C=O) groups is 1. The molecule has 3 N–H and O–H groups in total. The predicted molar refractivity (Wildman–Crippen MR) is 55.3 cm³/mol. The van der Waals surface area contributed by atoms with Gasteiger partial charge in [-0.1, -0.05) is 32.9 Å². The van der Waals surface area contributed by atoms with Crippen molar-refractivity contribution in [2.45, 2.75) is 33.7 Å². The quantitative estimate of drug-likeness (QED) is 0.644. The van der Waals surface area contributed by atoms with Crippen molar-refractivity contribution in [1.29, 1.82) is 0 Å². The zero-order chi connectivity index (χ0) is 10.6. The summed E-state index contributed by atoms with van der Waals surface area (Å²) < 4.78 is 0. The molecule has 76 valence electrons. The summed E-state index contributed by atoms with van der Waals surface area (Å²) in [6.07, 6.45) is 0. The molecule has 1 atom stereocenters. The highest BCUT2D eigenvalue weighted by atomic mass is 16.2.